The highest BCUT2D eigenvalue weighted by Gasteiger charge is 2.44. The van der Waals surface area contributed by atoms with E-state index in [1.165, 1.54) is 0 Å². The quantitative estimate of drug-likeness (QED) is 0.299. The van der Waals surface area contributed by atoms with Crippen LogP contribution in [0, 0.1) is 0 Å². The molecule has 0 aromatic heterocycles. The van der Waals surface area contributed by atoms with Crippen LogP contribution in [-0.2, 0) is 14.3 Å². The first-order valence-corrected chi connectivity index (χ1v) is 6.84. The molecule has 2 N–H and O–H groups in total. The van der Waals surface area contributed by atoms with E-state index in [2.05, 4.69) is 5.32 Å². The number of aliphatic hydroxyl groups excluding tert-OH is 1. The van der Waals surface area contributed by atoms with E-state index in [4.69, 9.17) is 4.74 Å². The zero-order valence-electron chi connectivity index (χ0n) is 10.1. The molecule has 0 aliphatic carbocycles. The van der Waals surface area contributed by atoms with Crippen molar-refractivity contribution >= 4 is 40.5 Å². The number of carbonyl (C=O) groups excluding carboxylic acids is 3. The van der Waals surface area contributed by atoms with Crippen LogP contribution in [0.2, 0.25) is 0 Å². The number of esters is 1. The highest BCUT2D eigenvalue weighted by atomic mass is 127. The van der Waals surface area contributed by atoms with Crippen LogP contribution in [0.3, 0.4) is 0 Å². The minimum absolute atomic E-state index is 0.181. The Hall–Kier alpha value is -0.900. The van der Waals surface area contributed by atoms with Crippen molar-refractivity contribution in [1.29, 1.82) is 0 Å². The number of carbonyl (C=O) groups is 3. The number of alkyl halides is 1. The van der Waals surface area contributed by atoms with Crippen molar-refractivity contribution in [1.82, 2.24) is 10.2 Å². The molecule has 1 aliphatic heterocycles. The fourth-order valence-corrected chi connectivity index (χ4v) is 1.70. The lowest BCUT2D eigenvalue weighted by molar-refractivity contribution is -0.143. The number of β-amino-alcohol motifs (C(OH)–C–C–N with tert-alkyl or cyclic N) is 1. The molecule has 1 unspecified atom stereocenters. The first kappa shape index (κ1) is 15.2. The van der Waals surface area contributed by atoms with E-state index in [-0.39, 0.29) is 17.6 Å². The molecule has 1 aliphatic rings. The third-order valence-electron chi connectivity index (χ3n) is 2.38. The van der Waals surface area contributed by atoms with Crippen molar-refractivity contribution in [2.24, 2.45) is 0 Å². The summed E-state index contributed by atoms with van der Waals surface area (Å²) >= 11 is 1.84. The monoisotopic (exact) mass is 370 g/mol. The Morgan fingerprint density at radius 1 is 1.56 bits per heavy atom. The zero-order chi connectivity index (χ0) is 13.9. The summed E-state index contributed by atoms with van der Waals surface area (Å²) in [4.78, 5) is 35.1. The fraction of sp³-hybridized carbons (Fsp3) is 0.700. The minimum atomic E-state index is -1.08. The van der Waals surface area contributed by atoms with Crippen molar-refractivity contribution in [3.05, 3.63) is 0 Å². The van der Waals surface area contributed by atoms with Crippen molar-refractivity contribution in [3.8, 4) is 0 Å². The van der Waals surface area contributed by atoms with Crippen LogP contribution < -0.4 is 5.32 Å². The summed E-state index contributed by atoms with van der Waals surface area (Å²) < 4.78 is 4.90. The summed E-state index contributed by atoms with van der Waals surface area (Å²) in [5.74, 6) is -0.862. The third-order valence-corrected chi connectivity index (χ3v) is 3.01. The molecule has 18 heavy (non-hydrogen) atoms. The maximum absolute atomic E-state index is 11.8. The Labute approximate surface area is 118 Å². The number of ether oxygens (including phenoxy) is 1. The van der Waals surface area contributed by atoms with Crippen LogP contribution in [-0.4, -0.2) is 57.1 Å². The van der Waals surface area contributed by atoms with Gasteiger partial charge >= 0.3 is 12.0 Å². The highest BCUT2D eigenvalue weighted by molar-refractivity contribution is 14.1. The lowest BCUT2D eigenvalue weighted by Gasteiger charge is -2.18. The topological polar surface area (TPSA) is 95.9 Å². The van der Waals surface area contributed by atoms with E-state index in [0.29, 0.717) is 0 Å². The number of imide groups is 1. The summed E-state index contributed by atoms with van der Waals surface area (Å²) in [7, 11) is 0. The molecule has 0 radical (unpaired) electrons. The van der Waals surface area contributed by atoms with Crippen LogP contribution in [0.5, 0.6) is 0 Å². The molecule has 1 fully saturated rings. The third kappa shape index (κ3) is 3.55. The van der Waals surface area contributed by atoms with Crippen molar-refractivity contribution in [2.45, 2.75) is 25.5 Å². The van der Waals surface area contributed by atoms with Gasteiger partial charge in [-0.25, -0.2) is 4.79 Å². The smallest absolute Gasteiger partial charge is 0.325 e. The van der Waals surface area contributed by atoms with Gasteiger partial charge in [0, 0.05) is 0 Å². The molecular formula is C10H15IN2O5. The van der Waals surface area contributed by atoms with E-state index in [9.17, 15) is 19.5 Å². The van der Waals surface area contributed by atoms with E-state index < -0.39 is 29.6 Å². The number of hydrogen-bond donors (Lipinski definition) is 2. The molecule has 1 rings (SSSR count). The van der Waals surface area contributed by atoms with E-state index >= 15 is 0 Å². The standard InChI is InChI=1S/C10H15IN2O5/c1-10(2)8(16)13(9(17)12-10)4-6(14)5-18-7(15)3-11/h6,14H,3-5H2,1-2H3,(H,12,17). The highest BCUT2D eigenvalue weighted by Crippen LogP contribution is 2.16. The summed E-state index contributed by atoms with van der Waals surface area (Å²) in [5, 5.41) is 12.1. The second-order valence-electron chi connectivity index (χ2n) is 4.44. The summed E-state index contributed by atoms with van der Waals surface area (Å²) in [6.45, 7) is 2.73. The molecule has 0 saturated carbocycles. The van der Waals surface area contributed by atoms with Crippen LogP contribution >= 0.6 is 22.6 Å². The maximum atomic E-state index is 11.8. The van der Waals surface area contributed by atoms with Crippen LogP contribution in [0.4, 0.5) is 4.79 Å². The molecule has 102 valence electrons. The molecule has 1 heterocycles. The van der Waals surface area contributed by atoms with Gasteiger partial charge in [0.05, 0.1) is 11.0 Å². The fourth-order valence-electron chi connectivity index (χ4n) is 1.47. The maximum Gasteiger partial charge on any atom is 0.325 e. The van der Waals surface area contributed by atoms with E-state index in [1.54, 1.807) is 13.8 Å². The number of rotatable bonds is 5. The first-order valence-electron chi connectivity index (χ1n) is 5.31. The number of urea groups is 1. The molecule has 1 saturated heterocycles. The number of nitrogens with zero attached hydrogens (tertiary/aromatic N) is 1. The van der Waals surface area contributed by atoms with Crippen LogP contribution in [0.15, 0.2) is 0 Å². The van der Waals surface area contributed by atoms with Crippen LogP contribution in [0.1, 0.15) is 13.8 Å². The molecule has 7 nitrogen and oxygen atoms in total. The van der Waals surface area contributed by atoms with Crippen molar-refractivity contribution in [2.75, 3.05) is 17.6 Å². The minimum Gasteiger partial charge on any atom is -0.462 e. The second-order valence-corrected chi connectivity index (χ2v) is 5.20. The molecule has 0 aromatic carbocycles. The van der Waals surface area contributed by atoms with Gasteiger partial charge in [0.25, 0.3) is 5.91 Å². The molecule has 0 aromatic rings. The number of aliphatic hydroxyl groups is 1. The predicted molar refractivity (Wildman–Crippen MR) is 70.2 cm³/mol. The number of amides is 3. The Morgan fingerprint density at radius 2 is 2.17 bits per heavy atom. The Morgan fingerprint density at radius 3 is 2.61 bits per heavy atom. The van der Waals surface area contributed by atoms with Gasteiger partial charge in [0.15, 0.2) is 0 Å². The van der Waals surface area contributed by atoms with Crippen molar-refractivity contribution in [3.63, 3.8) is 0 Å². The zero-order valence-corrected chi connectivity index (χ0v) is 12.3. The molecule has 0 bridgehead atoms. The lowest BCUT2D eigenvalue weighted by Crippen LogP contribution is -2.42. The van der Waals surface area contributed by atoms with Gasteiger partial charge in [-0.2, -0.15) is 0 Å². The number of hydrogen-bond acceptors (Lipinski definition) is 5. The summed E-state index contributed by atoms with van der Waals surface area (Å²) in [5.41, 5.74) is -0.963. The van der Waals surface area contributed by atoms with Gasteiger partial charge in [0.2, 0.25) is 0 Å². The van der Waals surface area contributed by atoms with Gasteiger partial charge in [-0.1, -0.05) is 22.6 Å². The number of nitrogens with one attached hydrogen (secondary N) is 1. The average molecular weight is 370 g/mol. The van der Waals surface area contributed by atoms with E-state index in [0.717, 1.165) is 4.90 Å². The van der Waals surface area contributed by atoms with Gasteiger partial charge in [-0.15, -0.1) is 0 Å². The SMILES string of the molecule is CC1(C)NC(=O)N(CC(O)COC(=O)CI)C1=O. The second kappa shape index (κ2) is 5.83. The Kier molecular flexibility index (Phi) is 4.91. The molecule has 1 atom stereocenters. The Bertz CT molecular complexity index is 371. The summed E-state index contributed by atoms with van der Waals surface area (Å²) in [6, 6.07) is -0.552. The molecule has 3 amide bonds. The van der Waals surface area contributed by atoms with Crippen LogP contribution in [0.25, 0.3) is 0 Å². The van der Waals surface area contributed by atoms with Gasteiger partial charge in [-0.3, -0.25) is 14.5 Å². The normalized spacial score (nSPS) is 19.7. The van der Waals surface area contributed by atoms with Crippen molar-refractivity contribution < 1.29 is 24.2 Å². The summed E-state index contributed by atoms with van der Waals surface area (Å²) in [6.07, 6.45) is -1.08. The lowest BCUT2D eigenvalue weighted by atomic mass is 10.1. The Balaban J connectivity index is 2.50. The first-order chi connectivity index (χ1) is 8.27. The van der Waals surface area contributed by atoms with Gasteiger partial charge < -0.3 is 15.2 Å². The predicted octanol–water partition coefficient (Wildman–Crippen LogP) is -0.344. The molecule has 0 spiro atoms. The van der Waals surface area contributed by atoms with Gasteiger partial charge in [-0.05, 0) is 13.8 Å². The van der Waals surface area contributed by atoms with Gasteiger partial charge in [0.1, 0.15) is 18.2 Å². The number of halogens is 1. The molecular weight excluding hydrogens is 355 g/mol. The average Bonchev–Trinajstić information content (AvgIpc) is 2.48. The largest absolute Gasteiger partial charge is 0.462 e. The van der Waals surface area contributed by atoms with E-state index in [1.807, 2.05) is 22.6 Å². The molecule has 8 heteroatoms.